The molecule has 3 rings (SSSR count). The maximum Gasteiger partial charge on any atom is 0.269 e. The minimum atomic E-state index is -0.918. The Kier molecular flexibility index (Phi) is 8.48. The van der Waals surface area contributed by atoms with Gasteiger partial charge >= 0.3 is 0 Å². The lowest BCUT2D eigenvalue weighted by Gasteiger charge is -2.23. The van der Waals surface area contributed by atoms with Crippen molar-refractivity contribution < 1.29 is 24.2 Å². The number of hydrogen-bond acceptors (Lipinski definition) is 7. The van der Waals surface area contributed by atoms with E-state index in [4.69, 9.17) is 4.74 Å². The minimum Gasteiger partial charge on any atom is -0.496 e. The Morgan fingerprint density at radius 1 is 1.29 bits per heavy atom. The van der Waals surface area contributed by atoms with E-state index in [0.717, 1.165) is 0 Å². The van der Waals surface area contributed by atoms with Crippen LogP contribution in [0.4, 0.5) is 0 Å². The summed E-state index contributed by atoms with van der Waals surface area (Å²) in [6.45, 7) is 5.86. The zero-order valence-corrected chi connectivity index (χ0v) is 20.5. The van der Waals surface area contributed by atoms with Gasteiger partial charge in [-0.1, -0.05) is 19.9 Å². The van der Waals surface area contributed by atoms with Crippen molar-refractivity contribution in [2.75, 3.05) is 13.7 Å². The SMILES string of the molecule is COc1cccc2[nH]c(C(=O)N[C@@H](CC(C)C)C(=O)N[C@H](C#N)C[C@@H]3CCNC3O)c(C(C)=O)c12. The molecule has 2 amide bonds. The molecule has 0 saturated carbocycles. The minimum absolute atomic E-state index is 0.0514. The molecule has 10 nitrogen and oxygen atoms in total. The number of rotatable bonds is 10. The molecule has 1 fully saturated rings. The van der Waals surface area contributed by atoms with Crippen LogP contribution in [0.1, 0.15) is 60.9 Å². The molecule has 0 radical (unpaired) electrons. The zero-order chi connectivity index (χ0) is 25.7. The molecule has 1 aromatic heterocycles. The van der Waals surface area contributed by atoms with Gasteiger partial charge in [0, 0.05) is 5.92 Å². The summed E-state index contributed by atoms with van der Waals surface area (Å²) in [5.74, 6) is -1.01. The van der Waals surface area contributed by atoms with Crippen molar-refractivity contribution in [1.29, 1.82) is 5.26 Å². The van der Waals surface area contributed by atoms with E-state index in [1.165, 1.54) is 14.0 Å². The Labute approximate surface area is 204 Å². The van der Waals surface area contributed by atoms with Crippen LogP contribution in [0, 0.1) is 23.2 Å². The predicted octanol–water partition coefficient (Wildman–Crippen LogP) is 1.85. The summed E-state index contributed by atoms with van der Waals surface area (Å²) < 4.78 is 5.38. The molecule has 1 aliphatic rings. The van der Waals surface area contributed by atoms with E-state index in [0.29, 0.717) is 42.5 Å². The molecule has 0 bridgehead atoms. The van der Waals surface area contributed by atoms with Crippen LogP contribution >= 0.6 is 0 Å². The molecular formula is C25H33N5O5. The van der Waals surface area contributed by atoms with Crippen LogP contribution in [-0.4, -0.2) is 59.7 Å². The van der Waals surface area contributed by atoms with Gasteiger partial charge in [-0.05, 0) is 50.8 Å². The van der Waals surface area contributed by atoms with Gasteiger partial charge in [0.2, 0.25) is 5.91 Å². The fourth-order valence-corrected chi connectivity index (χ4v) is 4.55. The van der Waals surface area contributed by atoms with Gasteiger partial charge in [-0.2, -0.15) is 5.26 Å². The number of aliphatic hydroxyl groups is 1. The first-order valence-electron chi connectivity index (χ1n) is 11.8. The number of ketones is 1. The highest BCUT2D eigenvalue weighted by Crippen LogP contribution is 2.31. The number of fused-ring (bicyclic) bond motifs is 1. The maximum atomic E-state index is 13.3. The highest BCUT2D eigenvalue weighted by Gasteiger charge is 2.31. The number of aromatic amines is 1. The summed E-state index contributed by atoms with van der Waals surface area (Å²) in [7, 11) is 1.49. The number of methoxy groups -OCH3 is 1. The van der Waals surface area contributed by atoms with E-state index < -0.39 is 30.1 Å². The summed E-state index contributed by atoms with van der Waals surface area (Å²) in [4.78, 5) is 41.9. The van der Waals surface area contributed by atoms with Gasteiger partial charge in [0.15, 0.2) is 5.78 Å². The molecule has 2 heterocycles. The number of aliphatic hydroxyl groups excluding tert-OH is 1. The van der Waals surface area contributed by atoms with Crippen molar-refractivity contribution >= 4 is 28.5 Å². The molecule has 5 N–H and O–H groups in total. The van der Waals surface area contributed by atoms with Crippen LogP contribution < -0.4 is 20.7 Å². The van der Waals surface area contributed by atoms with E-state index in [9.17, 15) is 24.8 Å². The van der Waals surface area contributed by atoms with Crippen molar-refractivity contribution in [3.8, 4) is 11.8 Å². The lowest BCUT2D eigenvalue weighted by atomic mass is 9.97. The number of H-pyrrole nitrogens is 1. The van der Waals surface area contributed by atoms with Gasteiger partial charge in [0.1, 0.15) is 29.8 Å². The number of nitrogens with one attached hydrogen (secondary N) is 4. The van der Waals surface area contributed by atoms with Crippen LogP contribution in [0.5, 0.6) is 5.75 Å². The van der Waals surface area contributed by atoms with E-state index >= 15 is 0 Å². The average Bonchev–Trinajstić information content (AvgIpc) is 3.40. The quantitative estimate of drug-likeness (QED) is 0.323. The second kappa shape index (κ2) is 11.3. The third-order valence-electron chi connectivity index (χ3n) is 6.24. The molecule has 4 atom stereocenters. The molecule has 188 valence electrons. The van der Waals surface area contributed by atoms with E-state index in [1.807, 2.05) is 13.8 Å². The number of benzene rings is 1. The molecule has 1 saturated heterocycles. The van der Waals surface area contributed by atoms with Crippen LogP contribution in [0.15, 0.2) is 18.2 Å². The van der Waals surface area contributed by atoms with Crippen molar-refractivity contribution in [3.05, 3.63) is 29.5 Å². The molecule has 0 spiro atoms. The number of Topliss-reactive ketones (excluding diaryl/α,β-unsaturated/α-hetero) is 1. The Hall–Kier alpha value is -3.42. The lowest BCUT2D eigenvalue weighted by molar-refractivity contribution is -0.123. The van der Waals surface area contributed by atoms with Gasteiger partial charge < -0.3 is 25.5 Å². The van der Waals surface area contributed by atoms with Gasteiger partial charge in [0.05, 0.1) is 29.6 Å². The van der Waals surface area contributed by atoms with E-state index in [-0.39, 0.29) is 28.9 Å². The van der Waals surface area contributed by atoms with Crippen molar-refractivity contribution in [3.63, 3.8) is 0 Å². The van der Waals surface area contributed by atoms with Gasteiger partial charge in [-0.25, -0.2) is 0 Å². The largest absolute Gasteiger partial charge is 0.496 e. The van der Waals surface area contributed by atoms with E-state index in [1.54, 1.807) is 18.2 Å². The highest BCUT2D eigenvalue weighted by molar-refractivity contribution is 6.17. The number of amides is 2. The van der Waals surface area contributed by atoms with E-state index in [2.05, 4.69) is 27.0 Å². The lowest BCUT2D eigenvalue weighted by Crippen LogP contribution is -2.50. The normalized spacial score (nSPS) is 19.2. The zero-order valence-electron chi connectivity index (χ0n) is 20.5. The van der Waals surface area contributed by atoms with Crippen LogP contribution in [0.3, 0.4) is 0 Å². The fourth-order valence-electron chi connectivity index (χ4n) is 4.55. The first-order valence-corrected chi connectivity index (χ1v) is 11.8. The average molecular weight is 484 g/mol. The Morgan fingerprint density at radius 2 is 2.03 bits per heavy atom. The summed E-state index contributed by atoms with van der Waals surface area (Å²) in [6, 6.07) is 5.55. The molecule has 10 heteroatoms. The number of nitriles is 1. The third-order valence-corrected chi connectivity index (χ3v) is 6.24. The molecule has 1 aromatic carbocycles. The monoisotopic (exact) mass is 483 g/mol. The second-order valence-electron chi connectivity index (χ2n) is 9.34. The molecule has 0 aliphatic carbocycles. The summed E-state index contributed by atoms with van der Waals surface area (Å²) in [5, 5.41) is 28.4. The maximum absolute atomic E-state index is 13.3. The van der Waals surface area contributed by atoms with Crippen LogP contribution in [-0.2, 0) is 4.79 Å². The van der Waals surface area contributed by atoms with Gasteiger partial charge in [-0.3, -0.25) is 19.7 Å². The molecule has 35 heavy (non-hydrogen) atoms. The number of nitrogens with zero attached hydrogens (tertiary/aromatic N) is 1. The fraction of sp³-hybridized carbons (Fsp3) is 0.520. The van der Waals surface area contributed by atoms with Crippen molar-refractivity contribution in [1.82, 2.24) is 20.9 Å². The number of carbonyl (C=O) groups is 3. The molecule has 1 aliphatic heterocycles. The number of aromatic nitrogens is 1. The summed E-state index contributed by atoms with van der Waals surface area (Å²) in [5.41, 5.74) is 0.810. The van der Waals surface area contributed by atoms with Gasteiger partial charge in [-0.15, -0.1) is 0 Å². The van der Waals surface area contributed by atoms with Crippen molar-refractivity contribution in [2.45, 2.75) is 58.3 Å². The number of ether oxygens (including phenoxy) is 1. The molecular weight excluding hydrogens is 450 g/mol. The topological polar surface area (TPSA) is 156 Å². The molecule has 2 aromatic rings. The van der Waals surface area contributed by atoms with Crippen molar-refractivity contribution in [2.24, 2.45) is 11.8 Å². The standard InChI is InChI=1S/C25H33N5O5/c1-13(2)10-18(24(33)28-16(12-26)11-15-8-9-27-23(15)32)30-25(34)22-20(14(3)31)21-17(29-22)6-5-7-19(21)35-4/h5-7,13,15-16,18,23,27,29,32H,8-11H2,1-4H3,(H,28,33)(H,30,34)/t15-,16-,18-,23?/m0/s1. The molecule has 1 unspecified atom stereocenters. The number of hydrogen-bond donors (Lipinski definition) is 5. The smallest absolute Gasteiger partial charge is 0.269 e. The third kappa shape index (κ3) is 5.99. The first-order chi connectivity index (χ1) is 16.7. The van der Waals surface area contributed by atoms with Crippen LogP contribution in [0.25, 0.3) is 10.9 Å². The highest BCUT2D eigenvalue weighted by atomic mass is 16.5. The number of carbonyl (C=O) groups excluding carboxylic acids is 3. The summed E-state index contributed by atoms with van der Waals surface area (Å²) >= 11 is 0. The van der Waals surface area contributed by atoms with Gasteiger partial charge in [0.25, 0.3) is 5.91 Å². The first kappa shape index (κ1) is 26.2. The summed E-state index contributed by atoms with van der Waals surface area (Å²) in [6.07, 6.45) is 0.633. The Morgan fingerprint density at radius 3 is 2.60 bits per heavy atom. The Balaban J connectivity index is 1.83. The van der Waals surface area contributed by atoms with Crippen LogP contribution in [0.2, 0.25) is 0 Å². The second-order valence-corrected chi connectivity index (χ2v) is 9.34. The predicted molar refractivity (Wildman–Crippen MR) is 130 cm³/mol. The Bertz CT molecular complexity index is 1140.